The van der Waals surface area contributed by atoms with E-state index in [1.54, 1.807) is 43.3 Å². The zero-order chi connectivity index (χ0) is 25.5. The fraction of sp³-hybridized carbons (Fsp3) is 0.280. The van der Waals surface area contributed by atoms with Crippen LogP contribution in [0.2, 0.25) is 5.02 Å². The number of thioether (sulfide) groups is 1. The van der Waals surface area contributed by atoms with Gasteiger partial charge in [0, 0.05) is 12.2 Å². The third-order valence-corrected chi connectivity index (χ3v) is 6.51. The smallest absolute Gasteiger partial charge is 0.253 e. The Morgan fingerprint density at radius 2 is 1.97 bits per heavy atom. The van der Waals surface area contributed by atoms with Crippen LogP contribution >= 0.6 is 23.4 Å². The van der Waals surface area contributed by atoms with Crippen molar-refractivity contribution in [1.82, 2.24) is 20.1 Å². The van der Waals surface area contributed by atoms with Crippen LogP contribution in [-0.4, -0.2) is 32.3 Å². The number of halogens is 2. The summed E-state index contributed by atoms with van der Waals surface area (Å²) in [6, 6.07) is 10.6. The standard InChI is InChI=1S/C25H27ClFN5O2S/c1-5-12-32-23(22(15(2)3)29-24(34)18-8-6-7-9-19(18)26)30-31-25(32)35-14-21(33)28-20-13-17(27)11-10-16(20)4/h5-11,13,15,22H,1,12,14H2,2-4H3,(H,28,33)(H,29,34). The minimum Gasteiger partial charge on any atom is -0.342 e. The van der Waals surface area contributed by atoms with Crippen molar-refractivity contribution in [1.29, 1.82) is 0 Å². The molecule has 2 aromatic carbocycles. The molecule has 2 N–H and O–H groups in total. The van der Waals surface area contributed by atoms with E-state index in [0.29, 0.717) is 33.8 Å². The summed E-state index contributed by atoms with van der Waals surface area (Å²) in [6.07, 6.45) is 1.69. The summed E-state index contributed by atoms with van der Waals surface area (Å²) in [4.78, 5) is 25.4. The van der Waals surface area contributed by atoms with E-state index >= 15 is 0 Å². The molecule has 35 heavy (non-hydrogen) atoms. The van der Waals surface area contributed by atoms with Crippen LogP contribution in [0.25, 0.3) is 0 Å². The second kappa shape index (κ2) is 12.0. The second-order valence-corrected chi connectivity index (χ2v) is 9.56. The lowest BCUT2D eigenvalue weighted by molar-refractivity contribution is -0.113. The van der Waals surface area contributed by atoms with Crippen LogP contribution in [0.15, 0.2) is 60.3 Å². The largest absolute Gasteiger partial charge is 0.342 e. The number of aryl methyl sites for hydroxylation is 1. The molecule has 1 unspecified atom stereocenters. The first-order valence-corrected chi connectivity index (χ1v) is 12.4. The van der Waals surface area contributed by atoms with Crippen molar-refractivity contribution in [2.45, 2.75) is 38.5 Å². The van der Waals surface area contributed by atoms with E-state index in [2.05, 4.69) is 27.4 Å². The molecule has 184 valence electrons. The summed E-state index contributed by atoms with van der Waals surface area (Å²) in [6.45, 7) is 9.91. The number of carbonyl (C=O) groups excluding carboxylic acids is 2. The van der Waals surface area contributed by atoms with Crippen LogP contribution in [0.1, 0.15) is 41.6 Å². The van der Waals surface area contributed by atoms with Crippen LogP contribution in [0.5, 0.6) is 0 Å². The molecule has 0 saturated carbocycles. The lowest BCUT2D eigenvalue weighted by Crippen LogP contribution is -2.34. The van der Waals surface area contributed by atoms with Crippen LogP contribution < -0.4 is 10.6 Å². The molecule has 7 nitrogen and oxygen atoms in total. The van der Waals surface area contributed by atoms with E-state index in [1.165, 1.54) is 23.9 Å². The Bertz CT molecular complexity index is 1230. The van der Waals surface area contributed by atoms with Crippen molar-refractivity contribution in [3.8, 4) is 0 Å². The van der Waals surface area contributed by atoms with Gasteiger partial charge >= 0.3 is 0 Å². The van der Waals surface area contributed by atoms with E-state index in [-0.39, 0.29) is 23.5 Å². The number of anilines is 1. The van der Waals surface area contributed by atoms with Gasteiger partial charge in [-0.2, -0.15) is 0 Å². The Balaban J connectivity index is 1.77. The number of carbonyl (C=O) groups is 2. The molecule has 0 saturated heterocycles. The Morgan fingerprint density at radius 1 is 1.23 bits per heavy atom. The summed E-state index contributed by atoms with van der Waals surface area (Å²) >= 11 is 7.39. The normalized spacial score (nSPS) is 11.8. The van der Waals surface area contributed by atoms with E-state index < -0.39 is 11.9 Å². The van der Waals surface area contributed by atoms with Gasteiger partial charge in [-0.05, 0) is 42.7 Å². The Morgan fingerprint density at radius 3 is 2.66 bits per heavy atom. The average molecular weight is 516 g/mol. The molecule has 3 rings (SSSR count). The second-order valence-electron chi connectivity index (χ2n) is 8.21. The minimum absolute atomic E-state index is 0.00805. The molecule has 0 radical (unpaired) electrons. The molecule has 1 atom stereocenters. The summed E-state index contributed by atoms with van der Waals surface area (Å²) in [5.74, 6) is -0.459. The monoisotopic (exact) mass is 515 g/mol. The lowest BCUT2D eigenvalue weighted by Gasteiger charge is -2.23. The summed E-state index contributed by atoms with van der Waals surface area (Å²) in [5.41, 5.74) is 1.55. The highest BCUT2D eigenvalue weighted by Gasteiger charge is 2.27. The third-order valence-electron chi connectivity index (χ3n) is 5.21. The Hall–Kier alpha value is -3.17. The number of hydrogen-bond donors (Lipinski definition) is 2. The van der Waals surface area contributed by atoms with Crippen molar-refractivity contribution in [3.63, 3.8) is 0 Å². The Kier molecular flexibility index (Phi) is 9.06. The molecule has 3 aromatic rings. The zero-order valence-electron chi connectivity index (χ0n) is 19.7. The fourth-order valence-electron chi connectivity index (χ4n) is 3.38. The van der Waals surface area contributed by atoms with Gasteiger partial charge in [-0.1, -0.05) is 61.5 Å². The van der Waals surface area contributed by atoms with Gasteiger partial charge in [-0.15, -0.1) is 16.8 Å². The highest BCUT2D eigenvalue weighted by molar-refractivity contribution is 7.99. The number of benzene rings is 2. The van der Waals surface area contributed by atoms with Gasteiger partial charge in [-0.25, -0.2) is 4.39 Å². The molecule has 0 bridgehead atoms. The maximum absolute atomic E-state index is 13.5. The summed E-state index contributed by atoms with van der Waals surface area (Å²) in [7, 11) is 0. The molecule has 0 aliphatic heterocycles. The first kappa shape index (κ1) is 26.4. The minimum atomic E-state index is -0.454. The molecule has 0 fully saturated rings. The third kappa shape index (κ3) is 6.70. The number of rotatable bonds is 10. The van der Waals surface area contributed by atoms with Crippen molar-refractivity contribution in [3.05, 3.63) is 82.9 Å². The maximum Gasteiger partial charge on any atom is 0.253 e. The molecule has 0 aliphatic carbocycles. The average Bonchev–Trinajstić information content (AvgIpc) is 3.20. The Labute approximate surface area is 213 Å². The van der Waals surface area contributed by atoms with Crippen molar-refractivity contribution in [2.24, 2.45) is 5.92 Å². The number of allylic oxidation sites excluding steroid dienone is 1. The van der Waals surface area contributed by atoms with Crippen LogP contribution in [0.3, 0.4) is 0 Å². The number of nitrogens with one attached hydrogen (secondary N) is 2. The van der Waals surface area contributed by atoms with Crippen LogP contribution in [0, 0.1) is 18.7 Å². The van der Waals surface area contributed by atoms with Gasteiger partial charge in [-0.3, -0.25) is 9.59 Å². The highest BCUT2D eigenvalue weighted by atomic mass is 35.5. The number of aromatic nitrogens is 3. The van der Waals surface area contributed by atoms with Crippen LogP contribution in [0.4, 0.5) is 10.1 Å². The van der Waals surface area contributed by atoms with Gasteiger partial charge in [0.15, 0.2) is 11.0 Å². The predicted octanol–water partition coefficient (Wildman–Crippen LogP) is 5.42. The van der Waals surface area contributed by atoms with Gasteiger partial charge in [0.25, 0.3) is 5.91 Å². The first-order valence-electron chi connectivity index (χ1n) is 11.0. The van der Waals surface area contributed by atoms with Crippen molar-refractivity contribution in [2.75, 3.05) is 11.1 Å². The van der Waals surface area contributed by atoms with Gasteiger partial charge < -0.3 is 15.2 Å². The number of hydrogen-bond acceptors (Lipinski definition) is 5. The highest BCUT2D eigenvalue weighted by Crippen LogP contribution is 2.27. The molecule has 10 heteroatoms. The summed E-state index contributed by atoms with van der Waals surface area (Å²) in [5, 5.41) is 15.2. The molecule has 1 aromatic heterocycles. The quantitative estimate of drug-likeness (QED) is 0.278. The van der Waals surface area contributed by atoms with Gasteiger partial charge in [0.2, 0.25) is 5.91 Å². The summed E-state index contributed by atoms with van der Waals surface area (Å²) < 4.78 is 15.3. The van der Waals surface area contributed by atoms with Crippen molar-refractivity contribution >= 4 is 40.9 Å². The van der Waals surface area contributed by atoms with E-state index in [1.807, 2.05) is 18.4 Å². The van der Waals surface area contributed by atoms with Gasteiger partial charge in [0.1, 0.15) is 5.82 Å². The lowest BCUT2D eigenvalue weighted by atomic mass is 10.0. The molecule has 0 spiro atoms. The zero-order valence-corrected chi connectivity index (χ0v) is 21.3. The van der Waals surface area contributed by atoms with Gasteiger partial charge in [0.05, 0.1) is 22.4 Å². The molecular formula is C25H27ClFN5O2S. The first-order chi connectivity index (χ1) is 16.7. The molecule has 1 heterocycles. The molecule has 0 aliphatic rings. The molecular weight excluding hydrogens is 489 g/mol. The number of amides is 2. The maximum atomic E-state index is 13.5. The molecule has 2 amide bonds. The van der Waals surface area contributed by atoms with Crippen LogP contribution in [-0.2, 0) is 11.3 Å². The SMILES string of the molecule is C=CCn1c(SCC(=O)Nc2cc(F)ccc2C)nnc1C(NC(=O)c1ccccc1Cl)C(C)C. The predicted molar refractivity (Wildman–Crippen MR) is 137 cm³/mol. The van der Waals surface area contributed by atoms with E-state index in [0.717, 1.165) is 5.56 Å². The fourth-order valence-corrected chi connectivity index (χ4v) is 4.35. The number of nitrogens with zero attached hydrogens (tertiary/aromatic N) is 3. The van der Waals surface area contributed by atoms with E-state index in [9.17, 15) is 14.0 Å². The van der Waals surface area contributed by atoms with E-state index in [4.69, 9.17) is 11.6 Å². The topological polar surface area (TPSA) is 88.9 Å². The van der Waals surface area contributed by atoms with Crippen molar-refractivity contribution < 1.29 is 14.0 Å².